The van der Waals surface area contributed by atoms with Gasteiger partial charge in [0, 0.05) is 0 Å². The van der Waals surface area contributed by atoms with Gasteiger partial charge in [-0.2, -0.15) is 0 Å². The maximum atomic E-state index is 6.41. The van der Waals surface area contributed by atoms with Crippen molar-refractivity contribution >= 4 is 0 Å². The van der Waals surface area contributed by atoms with E-state index >= 15 is 0 Å². The summed E-state index contributed by atoms with van der Waals surface area (Å²) in [6.45, 7) is 2.02. The molecule has 0 radical (unpaired) electrons. The number of hydrogen-bond donors (Lipinski definition) is 1. The third-order valence-corrected chi connectivity index (χ3v) is 3.06. The van der Waals surface area contributed by atoms with Gasteiger partial charge >= 0.3 is 0 Å². The zero-order valence-corrected chi connectivity index (χ0v) is 10.2. The molecular formula is C15H17NO. The van der Waals surface area contributed by atoms with Crippen LogP contribution in [0.3, 0.4) is 0 Å². The Labute approximate surface area is 102 Å². The molecule has 17 heavy (non-hydrogen) atoms. The molecule has 0 aromatic heterocycles. The molecule has 0 spiro atoms. The average molecular weight is 227 g/mol. The van der Waals surface area contributed by atoms with E-state index in [1.165, 1.54) is 0 Å². The van der Waals surface area contributed by atoms with Crippen LogP contribution in [0, 0.1) is 0 Å². The van der Waals surface area contributed by atoms with E-state index in [1.807, 2.05) is 61.5 Å². The molecule has 0 aliphatic rings. The van der Waals surface area contributed by atoms with Gasteiger partial charge in [0.15, 0.2) is 0 Å². The lowest BCUT2D eigenvalue weighted by molar-refractivity contribution is 0.414. The maximum Gasteiger partial charge on any atom is 0.118 e. The van der Waals surface area contributed by atoms with E-state index in [0.717, 1.165) is 16.9 Å². The first kappa shape index (κ1) is 11.7. The number of rotatable bonds is 3. The quantitative estimate of drug-likeness (QED) is 0.875. The Morgan fingerprint density at radius 3 is 1.94 bits per heavy atom. The van der Waals surface area contributed by atoms with E-state index in [1.54, 1.807) is 7.11 Å². The molecule has 2 aromatic rings. The minimum atomic E-state index is -0.479. The number of ether oxygens (including phenoxy) is 1. The highest BCUT2D eigenvalue weighted by molar-refractivity contribution is 5.39. The van der Waals surface area contributed by atoms with Crippen LogP contribution in [0.1, 0.15) is 18.1 Å². The molecule has 0 saturated carbocycles. The topological polar surface area (TPSA) is 35.2 Å². The Kier molecular flexibility index (Phi) is 3.16. The molecule has 0 bridgehead atoms. The first-order valence-corrected chi connectivity index (χ1v) is 5.63. The second kappa shape index (κ2) is 4.60. The summed E-state index contributed by atoms with van der Waals surface area (Å²) in [5.41, 5.74) is 8.11. The molecule has 0 unspecified atom stereocenters. The monoisotopic (exact) mass is 227 g/mol. The van der Waals surface area contributed by atoms with Crippen molar-refractivity contribution in [2.24, 2.45) is 5.73 Å². The highest BCUT2D eigenvalue weighted by atomic mass is 16.5. The number of hydrogen-bond acceptors (Lipinski definition) is 2. The molecule has 0 fully saturated rings. The van der Waals surface area contributed by atoms with Gasteiger partial charge in [0.25, 0.3) is 0 Å². The fourth-order valence-corrected chi connectivity index (χ4v) is 1.89. The van der Waals surface area contributed by atoms with Gasteiger partial charge in [-0.15, -0.1) is 0 Å². The van der Waals surface area contributed by atoms with E-state index in [9.17, 15) is 0 Å². The van der Waals surface area contributed by atoms with Crippen molar-refractivity contribution in [3.05, 3.63) is 65.7 Å². The van der Waals surface area contributed by atoms with Crippen LogP contribution in [0.15, 0.2) is 54.6 Å². The minimum absolute atomic E-state index is 0.479. The Hall–Kier alpha value is -1.80. The van der Waals surface area contributed by atoms with Gasteiger partial charge in [-0.25, -0.2) is 0 Å². The summed E-state index contributed by atoms with van der Waals surface area (Å²) in [5, 5.41) is 0. The molecule has 0 aliphatic heterocycles. The van der Waals surface area contributed by atoms with Gasteiger partial charge in [-0.1, -0.05) is 42.5 Å². The van der Waals surface area contributed by atoms with Gasteiger partial charge in [0.05, 0.1) is 12.6 Å². The van der Waals surface area contributed by atoms with Crippen molar-refractivity contribution < 1.29 is 4.74 Å². The summed E-state index contributed by atoms with van der Waals surface area (Å²) < 4.78 is 5.15. The van der Waals surface area contributed by atoms with Gasteiger partial charge in [-0.05, 0) is 30.2 Å². The fourth-order valence-electron chi connectivity index (χ4n) is 1.89. The van der Waals surface area contributed by atoms with Gasteiger partial charge in [-0.3, -0.25) is 0 Å². The SMILES string of the molecule is COc1ccc([C@@](C)(N)c2ccccc2)cc1. The molecule has 88 valence electrons. The first-order valence-electron chi connectivity index (χ1n) is 5.63. The molecule has 0 saturated heterocycles. The zero-order chi connectivity index (χ0) is 12.3. The lowest BCUT2D eigenvalue weighted by Gasteiger charge is -2.26. The first-order chi connectivity index (χ1) is 8.14. The highest BCUT2D eigenvalue weighted by Gasteiger charge is 2.23. The molecule has 1 atom stereocenters. The molecular weight excluding hydrogens is 210 g/mol. The number of benzene rings is 2. The number of nitrogens with two attached hydrogens (primary N) is 1. The molecule has 2 heteroatoms. The number of methoxy groups -OCH3 is 1. The van der Waals surface area contributed by atoms with Crippen LogP contribution >= 0.6 is 0 Å². The predicted octanol–water partition coefficient (Wildman–Crippen LogP) is 2.92. The van der Waals surface area contributed by atoms with Crippen molar-refractivity contribution in [1.82, 2.24) is 0 Å². The highest BCUT2D eigenvalue weighted by Crippen LogP contribution is 2.27. The molecule has 0 aliphatic carbocycles. The Morgan fingerprint density at radius 2 is 1.41 bits per heavy atom. The summed E-state index contributed by atoms with van der Waals surface area (Å²) in [4.78, 5) is 0. The smallest absolute Gasteiger partial charge is 0.118 e. The van der Waals surface area contributed by atoms with E-state index in [2.05, 4.69) is 0 Å². The predicted molar refractivity (Wildman–Crippen MR) is 70.1 cm³/mol. The Bertz CT molecular complexity index is 474. The molecule has 2 rings (SSSR count). The standard InChI is InChI=1S/C15H17NO/c1-15(16,12-6-4-3-5-7-12)13-8-10-14(17-2)11-9-13/h3-11H,16H2,1-2H3/t15-/m0/s1. The van der Waals surface area contributed by atoms with Crippen LogP contribution in [-0.4, -0.2) is 7.11 Å². The van der Waals surface area contributed by atoms with Crippen molar-refractivity contribution in [2.75, 3.05) is 7.11 Å². The summed E-state index contributed by atoms with van der Waals surface area (Å²) in [7, 11) is 1.66. The van der Waals surface area contributed by atoms with Crippen LogP contribution < -0.4 is 10.5 Å². The zero-order valence-electron chi connectivity index (χ0n) is 10.2. The van der Waals surface area contributed by atoms with Crippen LogP contribution in [0.2, 0.25) is 0 Å². The molecule has 0 heterocycles. The molecule has 2 aromatic carbocycles. The Balaban J connectivity index is 2.37. The van der Waals surface area contributed by atoms with E-state index in [-0.39, 0.29) is 0 Å². The van der Waals surface area contributed by atoms with E-state index < -0.39 is 5.54 Å². The lowest BCUT2D eigenvalue weighted by atomic mass is 9.86. The molecule has 2 N–H and O–H groups in total. The van der Waals surface area contributed by atoms with Crippen molar-refractivity contribution in [2.45, 2.75) is 12.5 Å². The van der Waals surface area contributed by atoms with Crippen LogP contribution in [0.25, 0.3) is 0 Å². The largest absolute Gasteiger partial charge is 0.497 e. The second-order valence-electron chi connectivity index (χ2n) is 4.30. The van der Waals surface area contributed by atoms with Crippen molar-refractivity contribution in [3.8, 4) is 5.75 Å². The van der Waals surface area contributed by atoms with Gasteiger partial charge in [0.2, 0.25) is 0 Å². The van der Waals surface area contributed by atoms with Gasteiger partial charge in [0.1, 0.15) is 5.75 Å². The van der Waals surface area contributed by atoms with Crippen LogP contribution in [0.5, 0.6) is 5.75 Å². The van der Waals surface area contributed by atoms with Crippen LogP contribution in [0.4, 0.5) is 0 Å². The van der Waals surface area contributed by atoms with Crippen molar-refractivity contribution in [1.29, 1.82) is 0 Å². The van der Waals surface area contributed by atoms with Crippen molar-refractivity contribution in [3.63, 3.8) is 0 Å². The molecule has 0 amide bonds. The fraction of sp³-hybridized carbons (Fsp3) is 0.200. The Morgan fingerprint density at radius 1 is 0.882 bits per heavy atom. The second-order valence-corrected chi connectivity index (χ2v) is 4.30. The summed E-state index contributed by atoms with van der Waals surface area (Å²) in [5.74, 6) is 0.845. The molecule has 2 nitrogen and oxygen atoms in total. The van der Waals surface area contributed by atoms with Crippen LogP contribution in [-0.2, 0) is 5.54 Å². The summed E-state index contributed by atoms with van der Waals surface area (Å²) in [6, 6.07) is 18.0. The van der Waals surface area contributed by atoms with Gasteiger partial charge < -0.3 is 10.5 Å². The summed E-state index contributed by atoms with van der Waals surface area (Å²) >= 11 is 0. The third kappa shape index (κ3) is 2.32. The van der Waals surface area contributed by atoms with E-state index in [0.29, 0.717) is 0 Å². The summed E-state index contributed by atoms with van der Waals surface area (Å²) in [6.07, 6.45) is 0. The normalized spacial score (nSPS) is 14.1. The lowest BCUT2D eigenvalue weighted by Crippen LogP contribution is -2.34. The third-order valence-electron chi connectivity index (χ3n) is 3.06. The minimum Gasteiger partial charge on any atom is -0.497 e. The van der Waals surface area contributed by atoms with E-state index in [4.69, 9.17) is 10.5 Å². The average Bonchev–Trinajstić information content (AvgIpc) is 2.40. The maximum absolute atomic E-state index is 6.41.